The predicted molar refractivity (Wildman–Crippen MR) is 210 cm³/mol. The molecule has 0 saturated heterocycles. The Balaban J connectivity index is 1.29. The van der Waals surface area contributed by atoms with Gasteiger partial charge in [-0.25, -0.2) is 4.99 Å². The van der Waals surface area contributed by atoms with Crippen LogP contribution in [0.4, 0.5) is 8.63 Å². The van der Waals surface area contributed by atoms with Gasteiger partial charge in [0, 0.05) is 37.3 Å². The number of rotatable bonds is 10. The summed E-state index contributed by atoms with van der Waals surface area (Å²) in [4.78, 5) is 8.82. The molecule has 0 radical (unpaired) electrons. The van der Waals surface area contributed by atoms with Crippen molar-refractivity contribution in [2.75, 3.05) is 28.4 Å². The first-order valence-electron chi connectivity index (χ1n) is 16.4. The summed E-state index contributed by atoms with van der Waals surface area (Å²) in [6.07, 6.45) is 1.78. The molecule has 0 bridgehead atoms. The van der Waals surface area contributed by atoms with Crippen molar-refractivity contribution in [3.8, 4) is 54.5 Å². The van der Waals surface area contributed by atoms with E-state index in [-0.39, 0.29) is 0 Å². The quantitative estimate of drug-likeness (QED) is 0.132. The molecular formula is C41H31BF2N2O4S2. The molecule has 1 aliphatic rings. The predicted octanol–water partition coefficient (Wildman–Crippen LogP) is 10.9. The van der Waals surface area contributed by atoms with E-state index in [1.54, 1.807) is 51.9 Å². The molecule has 0 N–H and O–H groups in total. The van der Waals surface area contributed by atoms with Crippen molar-refractivity contribution in [2.24, 2.45) is 4.99 Å². The maximum absolute atomic E-state index is 15.5. The maximum atomic E-state index is 15.5. The molecule has 3 aromatic heterocycles. The summed E-state index contributed by atoms with van der Waals surface area (Å²) in [7, 11) is 3.63. The summed E-state index contributed by atoms with van der Waals surface area (Å²) >= 11 is 3.07. The number of aromatic nitrogens is 1. The first-order valence-corrected chi connectivity index (χ1v) is 18.0. The van der Waals surface area contributed by atoms with Crippen molar-refractivity contribution >= 4 is 58.3 Å². The van der Waals surface area contributed by atoms with Gasteiger partial charge in [0.2, 0.25) is 0 Å². The summed E-state index contributed by atoms with van der Waals surface area (Å²) in [6.45, 7) is 0. The van der Waals surface area contributed by atoms with Gasteiger partial charge < -0.3 is 23.4 Å². The number of hydrogen-bond acceptors (Lipinski definition) is 7. The van der Waals surface area contributed by atoms with E-state index in [1.807, 2.05) is 97.1 Å². The van der Waals surface area contributed by atoms with Crippen molar-refractivity contribution in [2.45, 2.75) is 0 Å². The van der Waals surface area contributed by atoms with Gasteiger partial charge >= 0.3 is 7.40 Å². The lowest BCUT2D eigenvalue weighted by Crippen LogP contribution is -2.15. The highest BCUT2D eigenvalue weighted by atomic mass is 32.1. The van der Waals surface area contributed by atoms with Gasteiger partial charge in [-0.15, -0.1) is 22.7 Å². The van der Waals surface area contributed by atoms with Crippen LogP contribution in [0.5, 0.6) is 23.0 Å². The van der Waals surface area contributed by atoms with E-state index in [1.165, 1.54) is 11.3 Å². The van der Waals surface area contributed by atoms with Gasteiger partial charge in [0.15, 0.2) is 0 Å². The third kappa shape index (κ3) is 5.95. The summed E-state index contributed by atoms with van der Waals surface area (Å²) in [5.41, 5.74) is 5.85. The smallest absolute Gasteiger partial charge is 0.497 e. The number of aliphatic imine (C=N–C) groups is 1. The Labute approximate surface area is 308 Å². The van der Waals surface area contributed by atoms with Crippen LogP contribution in [0.2, 0.25) is 0 Å². The van der Waals surface area contributed by atoms with E-state index in [9.17, 15) is 0 Å². The molecule has 1 aliphatic heterocycles. The second-order valence-electron chi connectivity index (χ2n) is 12.0. The Morgan fingerprint density at radius 2 is 1.08 bits per heavy atom. The zero-order valence-electron chi connectivity index (χ0n) is 28.6. The Morgan fingerprint density at radius 3 is 1.67 bits per heavy atom. The summed E-state index contributed by atoms with van der Waals surface area (Å²) in [5.74, 6) is 2.80. The minimum absolute atomic E-state index is 0.355. The molecule has 4 aromatic carbocycles. The molecule has 0 unspecified atom stereocenters. The average Bonchev–Trinajstić information content (AvgIpc) is 3.99. The van der Waals surface area contributed by atoms with Crippen molar-refractivity contribution in [3.63, 3.8) is 0 Å². The molecule has 7 aromatic rings. The molecule has 0 fully saturated rings. The monoisotopic (exact) mass is 728 g/mol. The zero-order valence-corrected chi connectivity index (χ0v) is 30.3. The molecule has 11 heteroatoms. The van der Waals surface area contributed by atoms with E-state index in [4.69, 9.17) is 23.9 Å². The Morgan fingerprint density at radius 1 is 0.558 bits per heavy atom. The van der Waals surface area contributed by atoms with Crippen LogP contribution in [0.3, 0.4) is 0 Å². The van der Waals surface area contributed by atoms with Crippen molar-refractivity contribution in [1.82, 2.24) is 4.48 Å². The summed E-state index contributed by atoms with van der Waals surface area (Å²) in [6, 6.07) is 34.9. The van der Waals surface area contributed by atoms with Crippen LogP contribution in [0.15, 0.2) is 114 Å². The average molecular weight is 729 g/mol. The fourth-order valence-electron chi connectivity index (χ4n) is 6.54. The maximum Gasteiger partial charge on any atom is 0.678 e. The highest BCUT2D eigenvalue weighted by Gasteiger charge is 2.31. The summed E-state index contributed by atoms with van der Waals surface area (Å²) in [5, 5.41) is 1.33. The Kier molecular flexibility index (Phi) is 8.90. The zero-order chi connectivity index (χ0) is 35.9. The van der Waals surface area contributed by atoms with Gasteiger partial charge in [0.1, 0.15) is 23.0 Å². The van der Waals surface area contributed by atoms with Crippen molar-refractivity contribution < 1.29 is 27.6 Å². The molecule has 4 heterocycles. The first kappa shape index (κ1) is 33.5. The van der Waals surface area contributed by atoms with Gasteiger partial charge in [-0.05, 0) is 126 Å². The molecule has 0 spiro atoms. The molecule has 0 atom stereocenters. The lowest BCUT2D eigenvalue weighted by Gasteiger charge is -2.09. The number of halogens is 2. The van der Waals surface area contributed by atoms with Crippen LogP contribution in [0, 0.1) is 0 Å². The molecule has 258 valence electrons. The number of methoxy groups -OCH3 is 4. The largest absolute Gasteiger partial charge is 0.678 e. The number of fused-ring (bicyclic) bond motifs is 2. The molecule has 0 amide bonds. The standard InChI is InChI=1S/C41H31BF2N2O4S2/c1-47-26-9-5-24(6-10-26)36-17-19-38(51-36)40-32-21-28(49-3)13-15-30(32)34(45-40)23-35-31-16-14-29(50-4)22-33(31)41(46(35)42(43)44)39-20-18-37(52-39)25-7-11-27(48-2)12-8-25/h5-23H,1-4H3/b34-23-. The first-order chi connectivity index (χ1) is 25.4. The van der Waals surface area contributed by atoms with Gasteiger partial charge in [-0.3, -0.25) is 8.63 Å². The van der Waals surface area contributed by atoms with Crippen molar-refractivity contribution in [1.29, 1.82) is 0 Å². The van der Waals surface area contributed by atoms with Crippen LogP contribution >= 0.6 is 22.7 Å². The minimum Gasteiger partial charge on any atom is -0.497 e. The number of benzene rings is 4. The number of hydrogen-bond donors (Lipinski definition) is 0. The second kappa shape index (κ2) is 13.8. The van der Waals surface area contributed by atoms with Crippen molar-refractivity contribution in [3.05, 3.63) is 131 Å². The Bertz CT molecular complexity index is 2500. The normalized spacial score (nSPS) is 13.0. The van der Waals surface area contributed by atoms with E-state index in [0.29, 0.717) is 44.2 Å². The molecular weight excluding hydrogens is 697 g/mol. The van der Waals surface area contributed by atoms with Crippen LogP contribution in [-0.2, 0) is 0 Å². The molecule has 8 rings (SSSR count). The SMILES string of the molecule is COc1ccc(-c2ccc(C3=N/C(=C\c4c5ccc(OC)cc5c(-c5ccc(-c6ccc(OC)cc6)s5)n4B(F)F)c4ccc(OC)cc43)s2)cc1. The third-order valence-electron chi connectivity index (χ3n) is 9.14. The lowest BCUT2D eigenvalue weighted by molar-refractivity contribution is 0.414. The second-order valence-corrected chi connectivity index (χ2v) is 14.1. The van der Waals surface area contributed by atoms with E-state index < -0.39 is 7.40 Å². The third-order valence-corrected chi connectivity index (χ3v) is 11.4. The molecule has 0 aliphatic carbocycles. The van der Waals surface area contributed by atoms with E-state index >= 15 is 8.63 Å². The molecule has 6 nitrogen and oxygen atoms in total. The fourth-order valence-corrected chi connectivity index (χ4v) is 8.62. The summed E-state index contributed by atoms with van der Waals surface area (Å²) < 4.78 is 53.9. The Hall–Kier alpha value is -5.65. The number of thiophene rings is 2. The minimum atomic E-state index is -2.84. The molecule has 0 saturated carbocycles. The van der Waals surface area contributed by atoms with E-state index in [0.717, 1.165) is 58.6 Å². The van der Waals surface area contributed by atoms with Gasteiger partial charge in [-0.2, -0.15) is 0 Å². The lowest BCUT2D eigenvalue weighted by atomic mass is 10.0. The van der Waals surface area contributed by atoms with Gasteiger partial charge in [0.25, 0.3) is 0 Å². The van der Waals surface area contributed by atoms with Gasteiger partial charge in [0.05, 0.1) is 55.3 Å². The van der Waals surface area contributed by atoms with Crippen LogP contribution in [0.1, 0.15) is 21.7 Å². The highest BCUT2D eigenvalue weighted by Crippen LogP contribution is 2.45. The van der Waals surface area contributed by atoms with Gasteiger partial charge in [-0.1, -0.05) is 0 Å². The molecule has 52 heavy (non-hydrogen) atoms. The van der Waals surface area contributed by atoms with E-state index in [2.05, 4.69) is 6.07 Å². The highest BCUT2D eigenvalue weighted by molar-refractivity contribution is 7.19. The number of nitrogens with zero attached hydrogens (tertiary/aromatic N) is 2. The fraction of sp³-hybridized carbons (Fsp3) is 0.0976. The van der Waals surface area contributed by atoms with Crippen LogP contribution < -0.4 is 18.9 Å². The topological polar surface area (TPSA) is 54.2 Å². The van der Waals surface area contributed by atoms with Crippen LogP contribution in [0.25, 0.3) is 54.0 Å². The number of ether oxygens (including phenoxy) is 4. The van der Waals surface area contributed by atoms with Crippen LogP contribution in [-0.4, -0.2) is 46.0 Å².